The fraction of sp³-hybridized carbons (Fsp3) is 0.188. The molecule has 0 fully saturated rings. The number of anilines is 1. The Kier molecular flexibility index (Phi) is 3.64. The summed E-state index contributed by atoms with van der Waals surface area (Å²) in [4.78, 5) is 12.0. The van der Waals surface area contributed by atoms with Gasteiger partial charge in [0.15, 0.2) is 11.5 Å². The van der Waals surface area contributed by atoms with Crippen LogP contribution in [0.1, 0.15) is 5.56 Å². The number of phenolic OH excluding ortho intramolecular Hbond substituents is 1. The summed E-state index contributed by atoms with van der Waals surface area (Å²) in [6.45, 7) is 1.06. The summed E-state index contributed by atoms with van der Waals surface area (Å²) in [5, 5.41) is 12.3. The fourth-order valence-corrected chi connectivity index (χ4v) is 2.16. The van der Waals surface area contributed by atoms with Gasteiger partial charge >= 0.3 is 0 Å². The van der Waals surface area contributed by atoms with E-state index in [-0.39, 0.29) is 18.1 Å². The molecule has 0 spiro atoms. The predicted molar refractivity (Wildman–Crippen MR) is 77.9 cm³/mol. The van der Waals surface area contributed by atoms with Crippen molar-refractivity contribution < 1.29 is 19.4 Å². The number of hydrogen-bond acceptors (Lipinski definition) is 4. The molecule has 3 rings (SSSR count). The number of para-hydroxylation sites is 2. The van der Waals surface area contributed by atoms with Gasteiger partial charge in [-0.25, -0.2) is 0 Å². The number of fused-ring (bicyclic) bond motifs is 1. The number of carbonyl (C=O) groups excluding carboxylic acids is 1. The van der Waals surface area contributed by atoms with E-state index in [4.69, 9.17) is 9.47 Å². The summed E-state index contributed by atoms with van der Waals surface area (Å²) in [6, 6.07) is 12.1. The van der Waals surface area contributed by atoms with Crippen molar-refractivity contribution in [3.8, 4) is 17.2 Å². The first-order chi connectivity index (χ1) is 10.2. The van der Waals surface area contributed by atoms with E-state index in [0.717, 1.165) is 5.56 Å². The molecule has 0 radical (unpaired) electrons. The zero-order chi connectivity index (χ0) is 14.7. The van der Waals surface area contributed by atoms with Crippen molar-refractivity contribution in [2.75, 3.05) is 18.5 Å². The van der Waals surface area contributed by atoms with Crippen molar-refractivity contribution in [3.05, 3.63) is 48.0 Å². The quantitative estimate of drug-likeness (QED) is 0.849. The molecule has 108 valence electrons. The lowest BCUT2D eigenvalue weighted by atomic mass is 10.1. The SMILES string of the molecule is O=C(Cc1ccc2c(c1)OCCO2)Nc1ccccc1O. The van der Waals surface area contributed by atoms with Gasteiger partial charge in [-0.2, -0.15) is 0 Å². The monoisotopic (exact) mass is 285 g/mol. The van der Waals surface area contributed by atoms with E-state index in [1.807, 2.05) is 6.07 Å². The summed E-state index contributed by atoms with van der Waals surface area (Å²) < 4.78 is 10.9. The van der Waals surface area contributed by atoms with Crippen molar-refractivity contribution in [1.29, 1.82) is 0 Å². The molecule has 0 bridgehead atoms. The second-order valence-corrected chi connectivity index (χ2v) is 4.72. The largest absolute Gasteiger partial charge is 0.506 e. The molecule has 0 unspecified atom stereocenters. The third kappa shape index (κ3) is 3.08. The van der Waals surface area contributed by atoms with Crippen molar-refractivity contribution in [3.63, 3.8) is 0 Å². The average Bonchev–Trinajstić information content (AvgIpc) is 2.49. The van der Waals surface area contributed by atoms with Gasteiger partial charge in [0.2, 0.25) is 5.91 Å². The minimum absolute atomic E-state index is 0.0491. The highest BCUT2D eigenvalue weighted by Gasteiger charge is 2.13. The average molecular weight is 285 g/mol. The number of ether oxygens (including phenoxy) is 2. The molecule has 5 heteroatoms. The molecule has 2 aromatic carbocycles. The number of rotatable bonds is 3. The normalized spacial score (nSPS) is 12.8. The highest BCUT2D eigenvalue weighted by atomic mass is 16.6. The predicted octanol–water partition coefficient (Wildman–Crippen LogP) is 2.34. The molecular formula is C16H15NO4. The van der Waals surface area contributed by atoms with Crippen LogP contribution in [0.5, 0.6) is 17.2 Å². The van der Waals surface area contributed by atoms with Crippen LogP contribution in [0.25, 0.3) is 0 Å². The second-order valence-electron chi connectivity index (χ2n) is 4.72. The Balaban J connectivity index is 1.69. The second kappa shape index (κ2) is 5.75. The summed E-state index contributed by atoms with van der Waals surface area (Å²) in [5.74, 6) is 1.21. The van der Waals surface area contributed by atoms with Crippen LogP contribution >= 0.6 is 0 Å². The number of carbonyl (C=O) groups is 1. The van der Waals surface area contributed by atoms with Crippen LogP contribution in [0, 0.1) is 0 Å². The van der Waals surface area contributed by atoms with Gasteiger partial charge in [-0.15, -0.1) is 0 Å². The zero-order valence-corrected chi connectivity index (χ0v) is 11.3. The van der Waals surface area contributed by atoms with Gasteiger partial charge in [0, 0.05) is 0 Å². The number of aromatic hydroxyl groups is 1. The van der Waals surface area contributed by atoms with Gasteiger partial charge in [0.1, 0.15) is 19.0 Å². The Morgan fingerprint density at radius 3 is 2.67 bits per heavy atom. The van der Waals surface area contributed by atoms with Crippen LogP contribution in [0.2, 0.25) is 0 Å². The van der Waals surface area contributed by atoms with Crippen LogP contribution in [0.15, 0.2) is 42.5 Å². The van der Waals surface area contributed by atoms with E-state index in [0.29, 0.717) is 30.4 Å². The van der Waals surface area contributed by atoms with E-state index in [9.17, 15) is 9.90 Å². The number of benzene rings is 2. The molecule has 5 nitrogen and oxygen atoms in total. The number of hydrogen-bond donors (Lipinski definition) is 2. The van der Waals surface area contributed by atoms with Gasteiger partial charge in [0.05, 0.1) is 12.1 Å². The number of amides is 1. The van der Waals surface area contributed by atoms with Crippen LogP contribution in [0.4, 0.5) is 5.69 Å². The summed E-state index contributed by atoms with van der Waals surface area (Å²) >= 11 is 0. The summed E-state index contributed by atoms with van der Waals surface area (Å²) in [6.07, 6.45) is 0.199. The fourth-order valence-electron chi connectivity index (χ4n) is 2.16. The Morgan fingerprint density at radius 2 is 1.86 bits per heavy atom. The topological polar surface area (TPSA) is 67.8 Å². The molecular weight excluding hydrogens is 270 g/mol. The lowest BCUT2D eigenvalue weighted by molar-refractivity contribution is -0.115. The van der Waals surface area contributed by atoms with Gasteiger partial charge in [-0.3, -0.25) is 4.79 Å². The maximum atomic E-state index is 12.0. The molecule has 2 N–H and O–H groups in total. The summed E-state index contributed by atoms with van der Waals surface area (Å²) in [7, 11) is 0. The lowest BCUT2D eigenvalue weighted by Crippen LogP contribution is -2.17. The minimum Gasteiger partial charge on any atom is -0.506 e. The van der Waals surface area contributed by atoms with Gasteiger partial charge < -0.3 is 19.9 Å². The molecule has 0 saturated carbocycles. The van der Waals surface area contributed by atoms with Crippen LogP contribution in [-0.2, 0) is 11.2 Å². The van der Waals surface area contributed by atoms with Crippen molar-refractivity contribution >= 4 is 11.6 Å². The van der Waals surface area contributed by atoms with E-state index < -0.39 is 0 Å². The minimum atomic E-state index is -0.201. The third-order valence-electron chi connectivity index (χ3n) is 3.15. The number of nitrogens with one attached hydrogen (secondary N) is 1. The molecule has 0 aliphatic carbocycles. The van der Waals surface area contributed by atoms with Crippen LogP contribution in [-0.4, -0.2) is 24.2 Å². The Bertz CT molecular complexity index is 669. The molecule has 1 heterocycles. The van der Waals surface area contributed by atoms with Gasteiger partial charge in [-0.05, 0) is 29.8 Å². The first-order valence-corrected chi connectivity index (χ1v) is 6.69. The molecule has 1 aliphatic heterocycles. The standard InChI is InChI=1S/C16H15NO4/c18-13-4-2-1-3-12(13)17-16(19)10-11-5-6-14-15(9-11)21-8-7-20-14/h1-6,9,18H,7-8,10H2,(H,17,19). The highest BCUT2D eigenvalue weighted by molar-refractivity contribution is 5.93. The Morgan fingerprint density at radius 1 is 1.10 bits per heavy atom. The maximum absolute atomic E-state index is 12.0. The zero-order valence-electron chi connectivity index (χ0n) is 11.3. The molecule has 1 aliphatic rings. The van der Waals surface area contributed by atoms with Crippen LogP contribution in [0.3, 0.4) is 0 Å². The molecule has 0 aromatic heterocycles. The molecule has 21 heavy (non-hydrogen) atoms. The van der Waals surface area contributed by atoms with E-state index in [1.54, 1.807) is 30.3 Å². The Hall–Kier alpha value is -2.69. The molecule has 1 amide bonds. The van der Waals surface area contributed by atoms with Crippen molar-refractivity contribution in [2.45, 2.75) is 6.42 Å². The first-order valence-electron chi connectivity index (χ1n) is 6.69. The molecule has 2 aromatic rings. The maximum Gasteiger partial charge on any atom is 0.228 e. The van der Waals surface area contributed by atoms with E-state index in [1.165, 1.54) is 6.07 Å². The first kappa shape index (κ1) is 13.3. The summed E-state index contributed by atoms with van der Waals surface area (Å²) in [5.41, 5.74) is 1.23. The molecule has 0 atom stereocenters. The van der Waals surface area contributed by atoms with Crippen molar-refractivity contribution in [1.82, 2.24) is 0 Å². The van der Waals surface area contributed by atoms with E-state index >= 15 is 0 Å². The van der Waals surface area contributed by atoms with Gasteiger partial charge in [-0.1, -0.05) is 18.2 Å². The number of phenols is 1. The lowest BCUT2D eigenvalue weighted by Gasteiger charge is -2.18. The van der Waals surface area contributed by atoms with Gasteiger partial charge in [0.25, 0.3) is 0 Å². The van der Waals surface area contributed by atoms with Crippen LogP contribution < -0.4 is 14.8 Å². The Labute approximate surface area is 122 Å². The van der Waals surface area contributed by atoms with E-state index in [2.05, 4.69) is 5.32 Å². The molecule has 0 saturated heterocycles. The highest BCUT2D eigenvalue weighted by Crippen LogP contribution is 2.31. The smallest absolute Gasteiger partial charge is 0.228 e. The third-order valence-corrected chi connectivity index (χ3v) is 3.15. The van der Waals surface area contributed by atoms with Crippen molar-refractivity contribution in [2.24, 2.45) is 0 Å².